The minimum Gasteiger partial charge on any atom is -0.491 e. The van der Waals surface area contributed by atoms with Crippen LogP contribution in [0.2, 0.25) is 0 Å². The van der Waals surface area contributed by atoms with E-state index in [1.54, 1.807) is 0 Å². The molecular formula is C17H21NO3. The summed E-state index contributed by atoms with van der Waals surface area (Å²) in [7, 11) is 0. The van der Waals surface area contributed by atoms with Crippen LogP contribution >= 0.6 is 0 Å². The van der Waals surface area contributed by atoms with Crippen LogP contribution in [0.5, 0.6) is 5.75 Å². The molecule has 0 radical (unpaired) electrons. The van der Waals surface area contributed by atoms with E-state index in [9.17, 15) is 0 Å². The highest BCUT2D eigenvalue weighted by Gasteiger charge is 1.99. The summed E-state index contributed by atoms with van der Waals surface area (Å²) in [5.41, 5.74) is 9.02. The van der Waals surface area contributed by atoms with E-state index in [0.29, 0.717) is 26.4 Å². The van der Waals surface area contributed by atoms with Gasteiger partial charge < -0.3 is 20.3 Å². The van der Waals surface area contributed by atoms with Crippen molar-refractivity contribution in [3.05, 3.63) is 54.1 Å². The maximum absolute atomic E-state index is 8.58. The second kappa shape index (κ2) is 8.42. The van der Waals surface area contributed by atoms with Crippen LogP contribution in [0.25, 0.3) is 11.1 Å². The molecule has 0 spiro atoms. The maximum atomic E-state index is 8.58. The van der Waals surface area contributed by atoms with Crippen LogP contribution in [0.1, 0.15) is 5.56 Å². The van der Waals surface area contributed by atoms with Gasteiger partial charge in [-0.15, -0.1) is 0 Å². The smallest absolute Gasteiger partial charge is 0.119 e. The Morgan fingerprint density at radius 2 is 1.43 bits per heavy atom. The average molecular weight is 287 g/mol. The number of nitrogens with two attached hydrogens (primary N) is 1. The fourth-order valence-electron chi connectivity index (χ4n) is 1.96. The Morgan fingerprint density at radius 3 is 2.00 bits per heavy atom. The predicted molar refractivity (Wildman–Crippen MR) is 83.2 cm³/mol. The molecule has 0 heterocycles. The van der Waals surface area contributed by atoms with Crippen molar-refractivity contribution in [1.82, 2.24) is 0 Å². The number of aliphatic hydroxyl groups excluding tert-OH is 1. The summed E-state index contributed by atoms with van der Waals surface area (Å²) in [5, 5.41) is 8.58. The van der Waals surface area contributed by atoms with Crippen molar-refractivity contribution >= 4 is 0 Å². The quantitative estimate of drug-likeness (QED) is 0.731. The summed E-state index contributed by atoms with van der Waals surface area (Å²) in [5.74, 6) is 0.810. The molecule has 0 bridgehead atoms. The summed E-state index contributed by atoms with van der Waals surface area (Å²) in [6.45, 7) is 1.90. The Balaban J connectivity index is 1.88. The molecule has 2 aromatic rings. The lowest BCUT2D eigenvalue weighted by atomic mass is 10.0. The van der Waals surface area contributed by atoms with Gasteiger partial charge in [0.25, 0.3) is 0 Å². The van der Waals surface area contributed by atoms with E-state index in [1.807, 2.05) is 36.4 Å². The molecule has 0 fully saturated rings. The van der Waals surface area contributed by atoms with Gasteiger partial charge in [0.2, 0.25) is 0 Å². The van der Waals surface area contributed by atoms with Crippen LogP contribution < -0.4 is 10.5 Å². The zero-order chi connectivity index (χ0) is 14.9. The Labute approximate surface area is 125 Å². The minimum atomic E-state index is 0.0393. The lowest BCUT2D eigenvalue weighted by molar-refractivity contribution is 0.0705. The van der Waals surface area contributed by atoms with Gasteiger partial charge in [0.05, 0.1) is 19.8 Å². The zero-order valence-electron chi connectivity index (χ0n) is 12.0. The molecule has 2 aromatic carbocycles. The van der Waals surface area contributed by atoms with E-state index in [4.69, 9.17) is 20.3 Å². The molecule has 2 rings (SSSR count). The topological polar surface area (TPSA) is 64.7 Å². The molecule has 0 unspecified atom stereocenters. The first-order chi connectivity index (χ1) is 10.3. The second-order valence-corrected chi connectivity index (χ2v) is 4.61. The Morgan fingerprint density at radius 1 is 0.810 bits per heavy atom. The van der Waals surface area contributed by atoms with Gasteiger partial charge in [-0.2, -0.15) is 0 Å². The standard InChI is InChI=1S/C17H21NO3/c18-13-14-1-3-15(4-2-14)16-5-7-17(8-6-16)21-12-11-20-10-9-19/h1-8,19H,9-13,18H2. The minimum absolute atomic E-state index is 0.0393. The van der Waals surface area contributed by atoms with Crippen molar-refractivity contribution in [2.45, 2.75) is 6.54 Å². The van der Waals surface area contributed by atoms with Gasteiger partial charge in [-0.3, -0.25) is 0 Å². The highest BCUT2D eigenvalue weighted by molar-refractivity contribution is 5.64. The molecule has 0 amide bonds. The van der Waals surface area contributed by atoms with Crippen LogP contribution in [-0.2, 0) is 11.3 Å². The third-order valence-corrected chi connectivity index (χ3v) is 3.11. The summed E-state index contributed by atoms with van der Waals surface area (Å²) in [4.78, 5) is 0. The van der Waals surface area contributed by atoms with Gasteiger partial charge in [-0.1, -0.05) is 36.4 Å². The molecule has 0 aliphatic carbocycles. The predicted octanol–water partition coefficient (Wildman–Crippen LogP) is 2.20. The van der Waals surface area contributed by atoms with Gasteiger partial charge in [-0.25, -0.2) is 0 Å². The first-order valence-electron chi connectivity index (χ1n) is 7.04. The molecule has 0 aromatic heterocycles. The fraction of sp³-hybridized carbons (Fsp3) is 0.294. The van der Waals surface area contributed by atoms with E-state index >= 15 is 0 Å². The van der Waals surface area contributed by atoms with E-state index < -0.39 is 0 Å². The van der Waals surface area contributed by atoms with Crippen LogP contribution in [-0.4, -0.2) is 31.5 Å². The number of rotatable bonds is 8. The molecule has 0 saturated heterocycles. The summed E-state index contributed by atoms with van der Waals surface area (Å²) in [6, 6.07) is 16.2. The maximum Gasteiger partial charge on any atom is 0.119 e. The Bertz CT molecular complexity index is 523. The van der Waals surface area contributed by atoms with Gasteiger partial charge >= 0.3 is 0 Å². The molecule has 4 nitrogen and oxygen atoms in total. The summed E-state index contributed by atoms with van der Waals surface area (Å²) >= 11 is 0. The highest BCUT2D eigenvalue weighted by atomic mass is 16.5. The molecule has 0 atom stereocenters. The normalized spacial score (nSPS) is 10.6. The van der Waals surface area contributed by atoms with E-state index in [0.717, 1.165) is 22.4 Å². The first kappa shape index (κ1) is 15.5. The molecule has 0 aliphatic heterocycles. The largest absolute Gasteiger partial charge is 0.491 e. The van der Waals surface area contributed by atoms with Crippen LogP contribution in [0.15, 0.2) is 48.5 Å². The second-order valence-electron chi connectivity index (χ2n) is 4.61. The Hall–Kier alpha value is -1.88. The van der Waals surface area contributed by atoms with Crippen molar-refractivity contribution < 1.29 is 14.6 Å². The van der Waals surface area contributed by atoms with E-state index in [2.05, 4.69) is 12.1 Å². The zero-order valence-corrected chi connectivity index (χ0v) is 12.0. The third-order valence-electron chi connectivity index (χ3n) is 3.11. The van der Waals surface area contributed by atoms with E-state index in [1.165, 1.54) is 0 Å². The number of hydrogen-bond donors (Lipinski definition) is 2. The lowest BCUT2D eigenvalue weighted by Crippen LogP contribution is -2.08. The lowest BCUT2D eigenvalue weighted by Gasteiger charge is -2.08. The molecule has 21 heavy (non-hydrogen) atoms. The van der Waals surface area contributed by atoms with Crippen molar-refractivity contribution in [2.75, 3.05) is 26.4 Å². The summed E-state index contributed by atoms with van der Waals surface area (Å²) in [6.07, 6.45) is 0. The highest BCUT2D eigenvalue weighted by Crippen LogP contribution is 2.22. The number of ether oxygens (including phenoxy) is 2. The van der Waals surface area contributed by atoms with Crippen molar-refractivity contribution in [3.8, 4) is 16.9 Å². The monoisotopic (exact) mass is 287 g/mol. The Kier molecular flexibility index (Phi) is 6.22. The van der Waals surface area contributed by atoms with Crippen LogP contribution in [0, 0.1) is 0 Å². The van der Waals surface area contributed by atoms with Gasteiger partial charge in [0.15, 0.2) is 0 Å². The van der Waals surface area contributed by atoms with Crippen molar-refractivity contribution in [3.63, 3.8) is 0 Å². The molecular weight excluding hydrogens is 266 g/mol. The number of hydrogen-bond acceptors (Lipinski definition) is 4. The van der Waals surface area contributed by atoms with E-state index in [-0.39, 0.29) is 6.61 Å². The number of aliphatic hydroxyl groups is 1. The molecule has 3 N–H and O–H groups in total. The van der Waals surface area contributed by atoms with Gasteiger partial charge in [-0.05, 0) is 28.8 Å². The molecule has 112 valence electrons. The molecule has 0 saturated carbocycles. The molecule has 0 aliphatic rings. The molecule has 4 heteroatoms. The average Bonchev–Trinajstić information content (AvgIpc) is 2.55. The first-order valence-corrected chi connectivity index (χ1v) is 7.04. The van der Waals surface area contributed by atoms with Gasteiger partial charge in [0, 0.05) is 6.54 Å². The van der Waals surface area contributed by atoms with Crippen molar-refractivity contribution in [2.24, 2.45) is 5.73 Å². The number of benzene rings is 2. The van der Waals surface area contributed by atoms with Gasteiger partial charge in [0.1, 0.15) is 12.4 Å². The summed E-state index contributed by atoms with van der Waals surface area (Å²) < 4.78 is 10.7. The fourth-order valence-corrected chi connectivity index (χ4v) is 1.96. The third kappa shape index (κ3) is 4.86. The van der Waals surface area contributed by atoms with Crippen molar-refractivity contribution in [1.29, 1.82) is 0 Å². The van der Waals surface area contributed by atoms with Crippen LogP contribution in [0.3, 0.4) is 0 Å². The van der Waals surface area contributed by atoms with Crippen LogP contribution in [0.4, 0.5) is 0 Å². The SMILES string of the molecule is NCc1ccc(-c2ccc(OCCOCCO)cc2)cc1.